The fraction of sp³-hybridized carbons (Fsp3) is 0.553. The first-order chi connectivity index (χ1) is 53.6. The van der Waals surface area contributed by atoms with E-state index in [2.05, 4.69) is 33.8 Å². The number of nitrogens with zero attached hydrogens (tertiary/aromatic N) is 5. The highest BCUT2D eigenvalue weighted by Crippen LogP contribution is 2.39. The molecule has 6 aliphatic rings. The van der Waals surface area contributed by atoms with Crippen LogP contribution in [-0.4, -0.2) is 270 Å². The van der Waals surface area contributed by atoms with Crippen molar-refractivity contribution >= 4 is 46.9 Å². The number of carbonyl (C=O) groups is 6. The molecule has 0 unspecified atom stereocenters. The van der Waals surface area contributed by atoms with Crippen molar-refractivity contribution in [3.63, 3.8) is 0 Å². The Bertz CT molecular complexity index is 3940. The minimum atomic E-state index is -1.68. The summed E-state index contributed by atoms with van der Waals surface area (Å²) in [5.41, 5.74) is 11.5. The number of hydrogen-bond acceptors (Lipinski definition) is 29. The number of ketones is 2. The Morgan fingerprint density at radius 2 is 1.00 bits per heavy atom. The van der Waals surface area contributed by atoms with Crippen LogP contribution in [0.1, 0.15) is 116 Å². The van der Waals surface area contributed by atoms with Gasteiger partial charge in [0.05, 0.1) is 125 Å². The second kappa shape index (κ2) is 41.4. The lowest BCUT2D eigenvalue weighted by Gasteiger charge is -2.35. The minimum absolute atomic E-state index is 0.000232. The van der Waals surface area contributed by atoms with E-state index in [1.54, 1.807) is 22.8 Å². The largest absolute Gasteiger partial charge is 0.493 e. The van der Waals surface area contributed by atoms with Gasteiger partial charge in [0.25, 0.3) is 11.8 Å². The van der Waals surface area contributed by atoms with E-state index in [0.717, 1.165) is 11.1 Å². The highest BCUT2D eigenvalue weighted by atomic mass is 16.7. The number of likely N-dealkylation sites (tertiary alicyclic amines) is 2. The lowest BCUT2D eigenvalue weighted by Crippen LogP contribution is -2.54. The molecule has 4 amide bonds. The number of aliphatic hydroxyl groups is 6. The summed E-state index contributed by atoms with van der Waals surface area (Å²) in [6.45, 7) is 11.9. The summed E-state index contributed by atoms with van der Waals surface area (Å²) in [4.78, 5) is 90.9. The minimum Gasteiger partial charge on any atom is -0.493 e. The highest BCUT2D eigenvalue weighted by molar-refractivity contribution is 6.05. The van der Waals surface area contributed by atoms with Gasteiger partial charge in [-0.05, 0) is 110 Å². The molecule has 6 aliphatic heterocycles. The van der Waals surface area contributed by atoms with Gasteiger partial charge in [0.2, 0.25) is 12.6 Å². The molecule has 8 N–H and O–H groups in total. The van der Waals surface area contributed by atoms with Gasteiger partial charge in [-0.25, -0.2) is 9.59 Å². The van der Waals surface area contributed by atoms with Crippen molar-refractivity contribution in [2.24, 2.45) is 5.11 Å². The molecular formula is C76H97N7O28. The van der Waals surface area contributed by atoms with Gasteiger partial charge >= 0.3 is 12.2 Å². The molecule has 6 heterocycles. The van der Waals surface area contributed by atoms with Crippen molar-refractivity contribution < 1.29 is 135 Å². The standard InChI is InChI=1S/C76H97N7O28/c1-43-29-54(71-102-25-26-103-71)82(37-43)69(92)48-31-45(3)62(35-52(48)79-75(94)108-39-47-14-16-61(111-74-68(91)66(89)59(87)42-107-74)51(33-47)57(85)12-10-19-98-23-24-99-22-17-78-81-77)100-20-7-6-8-21-101-64-36-53(49(34-63(64)97-5)70(93)83-38-44(2)30-55(83)72-104-27-28-105-72)80-76(95)109-40-46-13-15-60(50(32-46)56(84)11-9-18-96-4)110-73-67(90)65(88)58(86)41-106-73/h13-16,31-36,54-55,58-59,65-68,71-74,86-91H,1-2,6-12,17-30,37-42H2,3-5H3,(H,79,94)(H,80,95)/t54-,55-,58+,59+,65-,66-,67+,68+,73-,74-/m0/s1. The normalized spacial score (nSPS) is 22.7. The molecule has 4 aromatic carbocycles. The van der Waals surface area contributed by atoms with Crippen LogP contribution in [0.25, 0.3) is 10.4 Å². The number of Topliss-reactive ketones (excluding diaryl/α,β-unsaturated/α-hetero) is 2. The Morgan fingerprint density at radius 1 is 0.532 bits per heavy atom. The Balaban J connectivity index is 0.804. The second-order valence-electron chi connectivity index (χ2n) is 27.1. The van der Waals surface area contributed by atoms with Gasteiger partial charge in [-0.3, -0.25) is 29.8 Å². The van der Waals surface area contributed by atoms with Crippen molar-refractivity contribution in [2.45, 2.75) is 152 Å². The Labute approximate surface area is 639 Å². The van der Waals surface area contributed by atoms with Gasteiger partial charge in [0.1, 0.15) is 67.1 Å². The van der Waals surface area contributed by atoms with E-state index in [-0.39, 0.29) is 167 Å². The number of aryl methyl sites for hydroxylation is 1. The van der Waals surface area contributed by atoms with Gasteiger partial charge in [-0.1, -0.05) is 41.6 Å². The number of azide groups is 1. The van der Waals surface area contributed by atoms with Crippen LogP contribution < -0.4 is 34.3 Å². The van der Waals surface area contributed by atoms with Crippen LogP contribution in [-0.2, 0) is 65.3 Å². The summed E-state index contributed by atoms with van der Waals surface area (Å²) in [6.07, 6.45) is -12.6. The van der Waals surface area contributed by atoms with Crippen LogP contribution in [0.15, 0.2) is 90.1 Å². The molecule has 111 heavy (non-hydrogen) atoms. The van der Waals surface area contributed by atoms with Crippen LogP contribution in [0.2, 0.25) is 0 Å². The highest BCUT2D eigenvalue weighted by Gasteiger charge is 2.44. The maximum atomic E-state index is 14.8. The number of nitrogens with one attached hydrogen (secondary N) is 2. The van der Waals surface area contributed by atoms with Gasteiger partial charge in [0, 0.05) is 69.8 Å². The fourth-order valence-electron chi connectivity index (χ4n) is 13.1. The van der Waals surface area contributed by atoms with E-state index in [0.29, 0.717) is 87.4 Å². The van der Waals surface area contributed by atoms with E-state index in [1.807, 2.05) is 0 Å². The van der Waals surface area contributed by atoms with E-state index in [9.17, 15) is 59.4 Å². The van der Waals surface area contributed by atoms with Crippen molar-refractivity contribution in [3.8, 4) is 28.7 Å². The molecule has 0 saturated carbocycles. The number of benzene rings is 4. The third-order valence-corrected chi connectivity index (χ3v) is 18.9. The SMILES string of the molecule is C=C1C[C@@H](C2OCCO2)N(C(=O)c2cc(C)c(OCCCCCOc3cc(NC(=O)OCc4ccc(O[C@@H]5OC[C@@H](O)[C@H](O)[C@H]5O)c(C(=O)CCCOC)c4)c(C(=O)N4CC(=C)C[C@H]4C4OCCO4)cc3OC)cc2NC(=O)OCc2ccc(O[C@@H]3OC[C@@H](O)[C@H](O)[C@H]3O)c(C(=O)CCCOCCOCCN=[N+]=[N-])c2)C1. The Hall–Kier alpha value is -9.11. The van der Waals surface area contributed by atoms with Gasteiger partial charge in [-0.2, -0.15) is 0 Å². The molecule has 0 aromatic heterocycles. The summed E-state index contributed by atoms with van der Waals surface area (Å²) in [5.74, 6) is -1.13. The smallest absolute Gasteiger partial charge is 0.411 e. The first kappa shape index (κ1) is 84.3. The molecule has 10 rings (SSSR count). The van der Waals surface area contributed by atoms with Crippen molar-refractivity contribution in [2.75, 3.05) is 130 Å². The molecule has 0 aliphatic carbocycles. The zero-order valence-electron chi connectivity index (χ0n) is 62.1. The molecule has 35 nitrogen and oxygen atoms in total. The number of ether oxygens (including phenoxy) is 16. The second-order valence-corrected chi connectivity index (χ2v) is 27.1. The molecule has 6 saturated heterocycles. The number of aliphatic hydroxyl groups excluding tert-OH is 6. The number of methoxy groups -OCH3 is 2. The van der Waals surface area contributed by atoms with Crippen molar-refractivity contribution in [1.29, 1.82) is 0 Å². The first-order valence-corrected chi connectivity index (χ1v) is 36.7. The number of amides is 4. The number of carbonyl (C=O) groups excluding carboxylic acids is 6. The van der Waals surface area contributed by atoms with Crippen LogP contribution in [0.4, 0.5) is 21.0 Å². The molecule has 6 fully saturated rings. The number of anilines is 2. The predicted molar refractivity (Wildman–Crippen MR) is 389 cm³/mol. The number of hydrogen-bond donors (Lipinski definition) is 8. The van der Waals surface area contributed by atoms with Crippen LogP contribution in [0.3, 0.4) is 0 Å². The van der Waals surface area contributed by atoms with Crippen LogP contribution >= 0.6 is 0 Å². The van der Waals surface area contributed by atoms with E-state index < -0.39 is 110 Å². The van der Waals surface area contributed by atoms with Gasteiger partial charge in [-0.15, -0.1) is 0 Å². The molecule has 35 heteroatoms. The quantitative estimate of drug-likeness (QED) is 0.00637. The van der Waals surface area contributed by atoms with Crippen LogP contribution in [0.5, 0.6) is 28.7 Å². The zero-order chi connectivity index (χ0) is 79.1. The summed E-state index contributed by atoms with van der Waals surface area (Å²) >= 11 is 0. The molecule has 0 bridgehead atoms. The van der Waals surface area contributed by atoms with Gasteiger partial charge in [0.15, 0.2) is 35.6 Å². The average Bonchev–Trinajstić information content (AvgIpc) is 1.72. The lowest BCUT2D eigenvalue weighted by molar-refractivity contribution is -0.242. The third-order valence-electron chi connectivity index (χ3n) is 18.9. The summed E-state index contributed by atoms with van der Waals surface area (Å²) in [6, 6.07) is 13.8. The van der Waals surface area contributed by atoms with Gasteiger partial charge < -0.3 is 116 Å². The summed E-state index contributed by atoms with van der Waals surface area (Å²) in [7, 11) is 2.90. The Kier molecular flexibility index (Phi) is 31.5. The number of rotatable bonds is 39. The maximum Gasteiger partial charge on any atom is 0.411 e. The summed E-state index contributed by atoms with van der Waals surface area (Å²) in [5, 5.41) is 70.9. The van der Waals surface area contributed by atoms with E-state index in [1.165, 1.54) is 68.8 Å². The molecule has 0 spiro atoms. The van der Waals surface area contributed by atoms with Crippen molar-refractivity contribution in [3.05, 3.63) is 134 Å². The average molecular weight is 1560 g/mol. The molecule has 604 valence electrons. The maximum absolute atomic E-state index is 14.8. The van der Waals surface area contributed by atoms with E-state index >= 15 is 0 Å². The topological polar surface area (TPSA) is 451 Å². The van der Waals surface area contributed by atoms with Crippen LogP contribution in [0, 0.1) is 6.92 Å². The first-order valence-electron chi connectivity index (χ1n) is 36.7. The monoisotopic (exact) mass is 1560 g/mol. The molecule has 4 aromatic rings. The van der Waals surface area contributed by atoms with Crippen molar-refractivity contribution in [1.82, 2.24) is 9.80 Å². The van der Waals surface area contributed by atoms with E-state index in [4.69, 9.17) is 81.3 Å². The Morgan fingerprint density at radius 3 is 1.49 bits per heavy atom. The molecule has 10 atom stereocenters. The molecule has 0 radical (unpaired) electrons. The lowest BCUT2D eigenvalue weighted by atomic mass is 10.0. The molecular weight excluding hydrogens is 1460 g/mol. The summed E-state index contributed by atoms with van der Waals surface area (Å²) < 4.78 is 92.1. The predicted octanol–water partition coefficient (Wildman–Crippen LogP) is 5.97. The number of unbranched alkanes of at least 4 members (excludes halogenated alkanes) is 2. The third kappa shape index (κ3) is 22.8. The fourth-order valence-corrected chi connectivity index (χ4v) is 13.1. The zero-order valence-corrected chi connectivity index (χ0v) is 62.1.